The highest BCUT2D eigenvalue weighted by molar-refractivity contribution is 7.80. The molecule has 0 spiro atoms. The third kappa shape index (κ3) is 5.08. The van der Waals surface area contributed by atoms with Crippen molar-refractivity contribution in [3.63, 3.8) is 0 Å². The largest absolute Gasteiger partial charge is 0.491 e. The van der Waals surface area contributed by atoms with Crippen LogP contribution in [0.4, 0.5) is 11.4 Å². The molecule has 0 atom stereocenters. The van der Waals surface area contributed by atoms with Gasteiger partial charge in [0.05, 0.1) is 12.3 Å². The van der Waals surface area contributed by atoms with Gasteiger partial charge in [-0.25, -0.2) is 0 Å². The van der Waals surface area contributed by atoms with E-state index in [1.165, 1.54) is 0 Å². The van der Waals surface area contributed by atoms with E-state index in [1.807, 2.05) is 54.6 Å². The van der Waals surface area contributed by atoms with E-state index >= 15 is 0 Å². The van der Waals surface area contributed by atoms with Gasteiger partial charge in [0.25, 0.3) is 0 Å². The molecule has 0 unspecified atom stereocenters. The normalized spacial score (nSPS) is 9.95. The van der Waals surface area contributed by atoms with Crippen molar-refractivity contribution in [2.45, 2.75) is 19.8 Å². The molecule has 0 saturated carbocycles. The lowest BCUT2D eigenvalue weighted by Gasteiger charge is -2.14. The van der Waals surface area contributed by atoms with Crippen LogP contribution in [-0.4, -0.2) is 11.7 Å². The molecule has 0 aliphatic carbocycles. The van der Waals surface area contributed by atoms with Crippen LogP contribution in [0.3, 0.4) is 0 Å². The summed E-state index contributed by atoms with van der Waals surface area (Å²) in [4.78, 5) is 0. The summed E-state index contributed by atoms with van der Waals surface area (Å²) in [6.07, 6.45) is 2.16. The second-order valence-electron chi connectivity index (χ2n) is 4.64. The highest BCUT2D eigenvalue weighted by atomic mass is 32.1. The Bertz CT molecular complexity index is 572. The molecule has 0 fully saturated rings. The van der Waals surface area contributed by atoms with Gasteiger partial charge in [0.1, 0.15) is 5.75 Å². The fourth-order valence-corrected chi connectivity index (χ4v) is 2.06. The highest BCUT2D eigenvalue weighted by Crippen LogP contribution is 2.24. The van der Waals surface area contributed by atoms with Crippen LogP contribution in [-0.2, 0) is 0 Å². The molecular formula is C17H20N2OS. The molecule has 110 valence electrons. The van der Waals surface area contributed by atoms with E-state index in [9.17, 15) is 0 Å². The second kappa shape index (κ2) is 8.27. The molecule has 0 heterocycles. The predicted octanol–water partition coefficient (Wildman–Crippen LogP) is 4.67. The van der Waals surface area contributed by atoms with Crippen LogP contribution in [0.5, 0.6) is 5.75 Å². The first kappa shape index (κ1) is 15.3. The van der Waals surface area contributed by atoms with Crippen LogP contribution in [0, 0.1) is 0 Å². The van der Waals surface area contributed by atoms with Crippen molar-refractivity contribution < 1.29 is 4.74 Å². The maximum atomic E-state index is 5.78. The van der Waals surface area contributed by atoms with E-state index in [0.717, 1.165) is 30.0 Å². The summed E-state index contributed by atoms with van der Waals surface area (Å²) in [7, 11) is 0. The highest BCUT2D eigenvalue weighted by Gasteiger charge is 2.05. The second-order valence-corrected chi connectivity index (χ2v) is 5.05. The van der Waals surface area contributed by atoms with Gasteiger partial charge >= 0.3 is 0 Å². The first-order chi connectivity index (χ1) is 10.3. The van der Waals surface area contributed by atoms with E-state index in [2.05, 4.69) is 17.6 Å². The zero-order valence-electron chi connectivity index (χ0n) is 12.1. The first-order valence-electron chi connectivity index (χ1n) is 7.14. The minimum Gasteiger partial charge on any atom is -0.491 e. The van der Waals surface area contributed by atoms with Crippen LogP contribution in [0.25, 0.3) is 0 Å². The van der Waals surface area contributed by atoms with Gasteiger partial charge in [-0.1, -0.05) is 43.7 Å². The zero-order valence-corrected chi connectivity index (χ0v) is 13.0. The van der Waals surface area contributed by atoms with E-state index in [1.54, 1.807) is 0 Å². The molecular weight excluding hydrogens is 280 g/mol. The average Bonchev–Trinajstić information content (AvgIpc) is 2.50. The number of benzene rings is 2. The van der Waals surface area contributed by atoms with Crippen molar-refractivity contribution in [1.29, 1.82) is 0 Å². The fraction of sp³-hybridized carbons (Fsp3) is 0.235. The lowest BCUT2D eigenvalue weighted by Crippen LogP contribution is -2.19. The SMILES string of the molecule is CCCCOc1ccccc1NC(=S)Nc1ccccc1. The van der Waals surface area contributed by atoms with Crippen molar-refractivity contribution in [2.75, 3.05) is 17.2 Å². The van der Waals surface area contributed by atoms with Gasteiger partial charge in [-0.3, -0.25) is 0 Å². The van der Waals surface area contributed by atoms with Crippen LogP contribution in [0.1, 0.15) is 19.8 Å². The van der Waals surface area contributed by atoms with Crippen LogP contribution in [0.2, 0.25) is 0 Å². The van der Waals surface area contributed by atoms with Crippen molar-refractivity contribution in [3.05, 3.63) is 54.6 Å². The Labute approximate surface area is 131 Å². The van der Waals surface area contributed by atoms with E-state index < -0.39 is 0 Å². The number of para-hydroxylation sites is 3. The molecule has 0 radical (unpaired) electrons. The maximum absolute atomic E-state index is 5.78. The first-order valence-corrected chi connectivity index (χ1v) is 7.55. The van der Waals surface area contributed by atoms with Gasteiger partial charge in [0.2, 0.25) is 0 Å². The lowest BCUT2D eigenvalue weighted by molar-refractivity contribution is 0.311. The standard InChI is InChI=1S/C17H20N2OS/c1-2-3-13-20-16-12-8-7-11-15(16)19-17(21)18-14-9-5-4-6-10-14/h4-12H,2-3,13H2,1H3,(H2,18,19,21). The van der Waals surface area contributed by atoms with Gasteiger partial charge in [-0.05, 0) is 42.9 Å². The smallest absolute Gasteiger partial charge is 0.175 e. The summed E-state index contributed by atoms with van der Waals surface area (Å²) >= 11 is 5.34. The number of hydrogen-bond acceptors (Lipinski definition) is 2. The van der Waals surface area contributed by atoms with E-state index in [0.29, 0.717) is 11.7 Å². The topological polar surface area (TPSA) is 33.3 Å². The summed E-state index contributed by atoms with van der Waals surface area (Å²) in [6, 6.07) is 17.7. The van der Waals surface area contributed by atoms with Crippen molar-refractivity contribution in [1.82, 2.24) is 0 Å². The number of nitrogens with one attached hydrogen (secondary N) is 2. The molecule has 0 bridgehead atoms. The van der Waals surface area contributed by atoms with Gasteiger partial charge < -0.3 is 15.4 Å². The van der Waals surface area contributed by atoms with Crippen molar-refractivity contribution in [2.24, 2.45) is 0 Å². The molecule has 3 nitrogen and oxygen atoms in total. The molecule has 2 aromatic rings. The quantitative estimate of drug-likeness (QED) is 0.600. The predicted molar refractivity (Wildman–Crippen MR) is 93.1 cm³/mol. The number of ether oxygens (including phenoxy) is 1. The number of hydrogen-bond donors (Lipinski definition) is 2. The Balaban J connectivity index is 1.97. The Morgan fingerprint density at radius 2 is 1.71 bits per heavy atom. The summed E-state index contributed by atoms with van der Waals surface area (Å²) < 4.78 is 5.78. The summed E-state index contributed by atoms with van der Waals surface area (Å²) in [5, 5.41) is 6.88. The van der Waals surface area contributed by atoms with Crippen LogP contribution in [0.15, 0.2) is 54.6 Å². The summed E-state index contributed by atoms with van der Waals surface area (Å²) in [6.45, 7) is 2.86. The van der Waals surface area contributed by atoms with Gasteiger partial charge in [0.15, 0.2) is 5.11 Å². The minimum atomic E-state index is 0.549. The average molecular weight is 300 g/mol. The molecule has 2 rings (SSSR count). The van der Waals surface area contributed by atoms with E-state index in [-0.39, 0.29) is 0 Å². The van der Waals surface area contributed by atoms with Crippen molar-refractivity contribution >= 4 is 28.7 Å². The lowest BCUT2D eigenvalue weighted by atomic mass is 10.3. The number of rotatable bonds is 6. The number of unbranched alkanes of at least 4 members (excludes halogenated alkanes) is 1. The molecule has 0 aromatic heterocycles. The molecule has 4 heteroatoms. The maximum Gasteiger partial charge on any atom is 0.175 e. The monoisotopic (exact) mass is 300 g/mol. The number of anilines is 2. The Hall–Kier alpha value is -2.07. The number of thiocarbonyl (C=S) groups is 1. The minimum absolute atomic E-state index is 0.549. The molecule has 21 heavy (non-hydrogen) atoms. The third-order valence-corrected chi connectivity index (χ3v) is 3.13. The van der Waals surface area contributed by atoms with Crippen molar-refractivity contribution in [3.8, 4) is 5.75 Å². The Kier molecular flexibility index (Phi) is 6.03. The fourth-order valence-electron chi connectivity index (χ4n) is 1.83. The van der Waals surface area contributed by atoms with E-state index in [4.69, 9.17) is 17.0 Å². The Morgan fingerprint density at radius 1 is 1.00 bits per heavy atom. The molecule has 0 saturated heterocycles. The Morgan fingerprint density at radius 3 is 2.48 bits per heavy atom. The summed E-state index contributed by atoms with van der Waals surface area (Å²) in [5.41, 5.74) is 1.83. The molecule has 0 amide bonds. The third-order valence-electron chi connectivity index (χ3n) is 2.92. The molecule has 2 N–H and O–H groups in total. The van der Waals surface area contributed by atoms with Gasteiger partial charge in [-0.2, -0.15) is 0 Å². The van der Waals surface area contributed by atoms with Gasteiger partial charge in [0, 0.05) is 5.69 Å². The van der Waals surface area contributed by atoms with Crippen LogP contribution >= 0.6 is 12.2 Å². The zero-order chi connectivity index (χ0) is 14.9. The van der Waals surface area contributed by atoms with Gasteiger partial charge in [-0.15, -0.1) is 0 Å². The molecule has 0 aliphatic heterocycles. The summed E-state index contributed by atoms with van der Waals surface area (Å²) in [5.74, 6) is 0.822. The molecule has 2 aromatic carbocycles. The van der Waals surface area contributed by atoms with Crippen LogP contribution < -0.4 is 15.4 Å². The molecule has 0 aliphatic rings.